The molecule has 19 heavy (non-hydrogen) atoms. The van der Waals surface area contributed by atoms with Crippen molar-refractivity contribution in [1.29, 1.82) is 0 Å². The van der Waals surface area contributed by atoms with Crippen LogP contribution in [0.15, 0.2) is 0 Å². The number of hydrogen-bond donors (Lipinski definition) is 2. The van der Waals surface area contributed by atoms with Crippen LogP contribution >= 0.6 is 12.4 Å². The van der Waals surface area contributed by atoms with Gasteiger partial charge in [0.05, 0.1) is 5.92 Å². The number of carbonyl (C=O) groups is 2. The summed E-state index contributed by atoms with van der Waals surface area (Å²) in [5.41, 5.74) is 5.40. The van der Waals surface area contributed by atoms with Crippen molar-refractivity contribution in [2.24, 2.45) is 11.7 Å². The van der Waals surface area contributed by atoms with Crippen molar-refractivity contribution in [2.75, 3.05) is 26.2 Å². The van der Waals surface area contributed by atoms with E-state index < -0.39 is 0 Å². The summed E-state index contributed by atoms with van der Waals surface area (Å²) in [6.45, 7) is 4.64. The van der Waals surface area contributed by atoms with Crippen LogP contribution in [0.25, 0.3) is 0 Å². The van der Waals surface area contributed by atoms with Gasteiger partial charge in [-0.1, -0.05) is 6.92 Å². The number of nitrogens with zero attached hydrogens (tertiary/aromatic N) is 1. The lowest BCUT2D eigenvalue weighted by atomic mass is 9.96. The first-order valence-corrected chi connectivity index (χ1v) is 6.94. The molecule has 0 saturated carbocycles. The van der Waals surface area contributed by atoms with Gasteiger partial charge in [0.25, 0.3) is 0 Å². The Balaban J connectivity index is 0.00000324. The fraction of sp³-hybridized carbons (Fsp3) is 0.846. The zero-order chi connectivity index (χ0) is 13.4. The van der Waals surface area contributed by atoms with Gasteiger partial charge < -0.3 is 16.0 Å². The van der Waals surface area contributed by atoms with E-state index in [-0.39, 0.29) is 30.1 Å². The molecule has 3 N–H and O–H groups in total. The second-order valence-electron chi connectivity index (χ2n) is 4.86. The smallest absolute Gasteiger partial charge is 0.224 e. The summed E-state index contributed by atoms with van der Waals surface area (Å²) in [4.78, 5) is 25.6. The first-order valence-electron chi connectivity index (χ1n) is 6.94. The SMILES string of the molecule is CCCNC(=O)C1CCCN(C(=O)CCCN)C1.Cl. The van der Waals surface area contributed by atoms with Gasteiger partial charge in [0.2, 0.25) is 11.8 Å². The number of likely N-dealkylation sites (tertiary alicyclic amines) is 1. The largest absolute Gasteiger partial charge is 0.356 e. The Kier molecular flexibility index (Phi) is 9.61. The highest BCUT2D eigenvalue weighted by molar-refractivity contribution is 5.85. The van der Waals surface area contributed by atoms with Crippen molar-refractivity contribution >= 4 is 24.2 Å². The molecule has 1 saturated heterocycles. The van der Waals surface area contributed by atoms with Crippen LogP contribution in [0.3, 0.4) is 0 Å². The van der Waals surface area contributed by atoms with Gasteiger partial charge in [0.15, 0.2) is 0 Å². The van der Waals surface area contributed by atoms with Gasteiger partial charge in [-0.15, -0.1) is 12.4 Å². The zero-order valence-electron chi connectivity index (χ0n) is 11.7. The predicted octanol–water partition coefficient (Wildman–Crippen LogP) is 0.912. The Hall–Kier alpha value is -0.810. The second-order valence-corrected chi connectivity index (χ2v) is 4.86. The molecular weight excluding hydrogens is 266 g/mol. The number of carbonyl (C=O) groups excluding carboxylic acids is 2. The lowest BCUT2D eigenvalue weighted by molar-refractivity contribution is -0.135. The van der Waals surface area contributed by atoms with Gasteiger partial charge in [0, 0.05) is 26.1 Å². The van der Waals surface area contributed by atoms with E-state index in [9.17, 15) is 9.59 Å². The van der Waals surface area contributed by atoms with Crippen molar-refractivity contribution < 1.29 is 9.59 Å². The van der Waals surface area contributed by atoms with Crippen LogP contribution in [0.5, 0.6) is 0 Å². The van der Waals surface area contributed by atoms with E-state index in [0.29, 0.717) is 19.5 Å². The molecule has 1 heterocycles. The molecule has 1 fully saturated rings. The maximum atomic E-state index is 11.9. The Morgan fingerprint density at radius 3 is 2.79 bits per heavy atom. The molecule has 2 amide bonds. The van der Waals surface area contributed by atoms with Crippen molar-refractivity contribution in [3.8, 4) is 0 Å². The van der Waals surface area contributed by atoms with Gasteiger partial charge in [-0.2, -0.15) is 0 Å². The summed E-state index contributed by atoms with van der Waals surface area (Å²) in [6.07, 6.45) is 3.97. The van der Waals surface area contributed by atoms with Gasteiger partial charge in [-0.25, -0.2) is 0 Å². The monoisotopic (exact) mass is 291 g/mol. The predicted molar refractivity (Wildman–Crippen MR) is 78.1 cm³/mol. The minimum absolute atomic E-state index is 0. The summed E-state index contributed by atoms with van der Waals surface area (Å²) >= 11 is 0. The van der Waals surface area contributed by atoms with Gasteiger partial charge in [-0.3, -0.25) is 9.59 Å². The van der Waals surface area contributed by atoms with Crippen LogP contribution in [0.1, 0.15) is 39.0 Å². The Morgan fingerprint density at radius 2 is 2.16 bits per heavy atom. The van der Waals surface area contributed by atoms with Crippen molar-refractivity contribution in [3.63, 3.8) is 0 Å². The fourth-order valence-corrected chi connectivity index (χ4v) is 2.22. The molecule has 0 aromatic heterocycles. The minimum atomic E-state index is -0.0351. The maximum absolute atomic E-state index is 11.9. The average molecular weight is 292 g/mol. The lowest BCUT2D eigenvalue weighted by Crippen LogP contribution is -2.45. The molecule has 1 atom stereocenters. The van der Waals surface area contributed by atoms with Crippen LogP contribution in [-0.4, -0.2) is 42.9 Å². The molecule has 5 nitrogen and oxygen atoms in total. The molecule has 0 radical (unpaired) electrons. The number of nitrogens with one attached hydrogen (secondary N) is 1. The normalized spacial score (nSPS) is 18.6. The van der Waals surface area contributed by atoms with E-state index in [1.54, 1.807) is 0 Å². The van der Waals surface area contributed by atoms with E-state index >= 15 is 0 Å². The first kappa shape index (κ1) is 18.2. The molecule has 1 unspecified atom stereocenters. The van der Waals surface area contributed by atoms with Crippen molar-refractivity contribution in [2.45, 2.75) is 39.0 Å². The van der Waals surface area contributed by atoms with Crippen molar-refractivity contribution in [1.82, 2.24) is 10.2 Å². The number of hydrogen-bond acceptors (Lipinski definition) is 3. The average Bonchev–Trinajstić information content (AvgIpc) is 2.42. The maximum Gasteiger partial charge on any atom is 0.224 e. The fourth-order valence-electron chi connectivity index (χ4n) is 2.22. The molecule has 0 spiro atoms. The number of amides is 2. The van der Waals surface area contributed by atoms with Crippen LogP contribution in [0.2, 0.25) is 0 Å². The van der Waals surface area contributed by atoms with Crippen LogP contribution in [-0.2, 0) is 9.59 Å². The number of halogens is 1. The van der Waals surface area contributed by atoms with Gasteiger partial charge in [-0.05, 0) is 32.2 Å². The second kappa shape index (κ2) is 10.0. The van der Waals surface area contributed by atoms with Crippen LogP contribution < -0.4 is 11.1 Å². The molecule has 0 aliphatic carbocycles. The Labute approximate surface area is 121 Å². The molecule has 112 valence electrons. The summed E-state index contributed by atoms with van der Waals surface area (Å²) in [7, 11) is 0. The highest BCUT2D eigenvalue weighted by atomic mass is 35.5. The zero-order valence-corrected chi connectivity index (χ0v) is 12.5. The topological polar surface area (TPSA) is 75.4 Å². The summed E-state index contributed by atoms with van der Waals surface area (Å²) in [5, 5.41) is 2.91. The molecular formula is C13H26ClN3O2. The van der Waals surface area contributed by atoms with Crippen molar-refractivity contribution in [3.05, 3.63) is 0 Å². The summed E-state index contributed by atoms with van der Waals surface area (Å²) < 4.78 is 0. The Bertz CT molecular complexity index is 261. The van der Waals surface area contributed by atoms with E-state index in [1.165, 1.54) is 0 Å². The highest BCUT2D eigenvalue weighted by Crippen LogP contribution is 2.17. The highest BCUT2D eigenvalue weighted by Gasteiger charge is 2.27. The quantitative estimate of drug-likeness (QED) is 0.764. The molecule has 1 aliphatic rings. The molecule has 6 heteroatoms. The number of rotatable bonds is 6. The minimum Gasteiger partial charge on any atom is -0.356 e. The number of nitrogens with two attached hydrogens (primary N) is 1. The first-order chi connectivity index (χ1) is 8.69. The Morgan fingerprint density at radius 1 is 1.42 bits per heavy atom. The van der Waals surface area contributed by atoms with E-state index in [0.717, 1.165) is 38.8 Å². The molecule has 0 bridgehead atoms. The van der Waals surface area contributed by atoms with E-state index in [2.05, 4.69) is 5.32 Å². The molecule has 0 aromatic carbocycles. The van der Waals surface area contributed by atoms with Gasteiger partial charge >= 0.3 is 0 Å². The molecule has 1 rings (SSSR count). The third-order valence-electron chi connectivity index (χ3n) is 3.29. The van der Waals surface area contributed by atoms with E-state index in [1.807, 2.05) is 11.8 Å². The van der Waals surface area contributed by atoms with Gasteiger partial charge in [0.1, 0.15) is 0 Å². The summed E-state index contributed by atoms with van der Waals surface area (Å²) in [6, 6.07) is 0. The third kappa shape index (κ3) is 6.25. The van der Waals surface area contributed by atoms with Crippen LogP contribution in [0.4, 0.5) is 0 Å². The van der Waals surface area contributed by atoms with E-state index in [4.69, 9.17) is 5.73 Å². The third-order valence-corrected chi connectivity index (χ3v) is 3.29. The standard InChI is InChI=1S/C13H25N3O2.ClH/c1-2-8-15-13(18)11-5-4-9-16(10-11)12(17)6-3-7-14;/h11H,2-10,14H2,1H3,(H,15,18);1H. The molecule has 0 aromatic rings. The number of piperidine rings is 1. The summed E-state index contributed by atoms with van der Waals surface area (Å²) in [5.74, 6) is 0.189. The lowest BCUT2D eigenvalue weighted by Gasteiger charge is -2.32. The molecule has 1 aliphatic heterocycles. The van der Waals surface area contributed by atoms with Crippen LogP contribution in [0, 0.1) is 5.92 Å².